The van der Waals surface area contributed by atoms with Crippen molar-refractivity contribution in [3.63, 3.8) is 0 Å². The highest BCUT2D eigenvalue weighted by molar-refractivity contribution is 5.61. The van der Waals surface area contributed by atoms with Gasteiger partial charge in [-0.2, -0.15) is 0 Å². The summed E-state index contributed by atoms with van der Waals surface area (Å²) < 4.78 is 0. The molecule has 0 amide bonds. The van der Waals surface area contributed by atoms with E-state index in [4.69, 9.17) is 0 Å². The van der Waals surface area contributed by atoms with Crippen LogP contribution in [0.3, 0.4) is 0 Å². The van der Waals surface area contributed by atoms with Gasteiger partial charge < -0.3 is 10.6 Å². The fourth-order valence-corrected chi connectivity index (χ4v) is 2.12. The van der Waals surface area contributed by atoms with E-state index in [9.17, 15) is 10.1 Å². The van der Waals surface area contributed by atoms with Gasteiger partial charge in [-0.15, -0.1) is 0 Å². The van der Waals surface area contributed by atoms with Crippen molar-refractivity contribution in [3.8, 4) is 0 Å². The minimum absolute atomic E-state index is 0.154. The summed E-state index contributed by atoms with van der Waals surface area (Å²) in [7, 11) is 0. The number of anilines is 1. The van der Waals surface area contributed by atoms with Gasteiger partial charge in [0.1, 0.15) is 5.69 Å². The van der Waals surface area contributed by atoms with Crippen molar-refractivity contribution in [2.24, 2.45) is 5.92 Å². The summed E-state index contributed by atoms with van der Waals surface area (Å²) in [6.45, 7) is 2.90. The third kappa shape index (κ3) is 3.17. The van der Waals surface area contributed by atoms with E-state index in [1.165, 1.54) is 6.07 Å². The van der Waals surface area contributed by atoms with Gasteiger partial charge in [-0.3, -0.25) is 10.1 Å². The number of piperidine rings is 1. The normalized spacial score (nSPS) is 16.7. The molecule has 0 bridgehead atoms. The number of nitro groups is 1. The van der Waals surface area contributed by atoms with Crippen LogP contribution in [0.25, 0.3) is 0 Å². The molecule has 92 valence electrons. The van der Waals surface area contributed by atoms with Gasteiger partial charge in [0.25, 0.3) is 5.69 Å². The van der Waals surface area contributed by atoms with Crippen molar-refractivity contribution < 1.29 is 4.92 Å². The summed E-state index contributed by atoms with van der Waals surface area (Å²) in [5.74, 6) is 0.607. The van der Waals surface area contributed by atoms with Crippen LogP contribution in [0.1, 0.15) is 12.8 Å². The molecule has 1 saturated heterocycles. The second-order valence-corrected chi connectivity index (χ2v) is 4.35. The smallest absolute Gasteiger partial charge is 0.292 e. The Hall–Kier alpha value is -1.62. The summed E-state index contributed by atoms with van der Waals surface area (Å²) in [6, 6.07) is 6.80. The topological polar surface area (TPSA) is 67.2 Å². The molecule has 0 radical (unpaired) electrons. The van der Waals surface area contributed by atoms with Crippen LogP contribution in [-0.4, -0.2) is 24.6 Å². The van der Waals surface area contributed by atoms with Crippen LogP contribution in [0.5, 0.6) is 0 Å². The van der Waals surface area contributed by atoms with Crippen molar-refractivity contribution in [1.29, 1.82) is 0 Å². The molecule has 2 rings (SSSR count). The lowest BCUT2D eigenvalue weighted by atomic mass is 9.98. The Bertz CT molecular complexity index is 389. The molecule has 0 unspecified atom stereocenters. The summed E-state index contributed by atoms with van der Waals surface area (Å²) in [4.78, 5) is 10.5. The molecule has 5 heteroatoms. The number of hydrogen-bond acceptors (Lipinski definition) is 4. The molecule has 1 aliphatic rings. The molecule has 1 aliphatic heterocycles. The first-order valence-electron chi connectivity index (χ1n) is 5.95. The summed E-state index contributed by atoms with van der Waals surface area (Å²) >= 11 is 0. The van der Waals surface area contributed by atoms with Crippen LogP contribution in [-0.2, 0) is 0 Å². The average molecular weight is 235 g/mol. The number of benzene rings is 1. The number of nitrogens with one attached hydrogen (secondary N) is 2. The molecule has 1 heterocycles. The third-order valence-corrected chi connectivity index (χ3v) is 3.14. The lowest BCUT2D eigenvalue weighted by Gasteiger charge is -2.23. The molecule has 0 aliphatic carbocycles. The van der Waals surface area contributed by atoms with Gasteiger partial charge in [-0.25, -0.2) is 0 Å². The molecule has 2 N–H and O–H groups in total. The summed E-state index contributed by atoms with van der Waals surface area (Å²) in [5, 5.41) is 17.3. The van der Waals surface area contributed by atoms with Crippen LogP contribution in [0.2, 0.25) is 0 Å². The van der Waals surface area contributed by atoms with Crippen molar-refractivity contribution >= 4 is 11.4 Å². The summed E-state index contributed by atoms with van der Waals surface area (Å²) in [6.07, 6.45) is 2.27. The molecule has 5 nitrogen and oxygen atoms in total. The maximum Gasteiger partial charge on any atom is 0.292 e. The lowest BCUT2D eigenvalue weighted by molar-refractivity contribution is -0.384. The van der Waals surface area contributed by atoms with E-state index in [1.54, 1.807) is 12.1 Å². The minimum atomic E-state index is -0.343. The fraction of sp³-hybridized carbons (Fsp3) is 0.500. The number of rotatable bonds is 4. The molecule has 0 spiro atoms. The van der Waals surface area contributed by atoms with Crippen molar-refractivity contribution in [2.45, 2.75) is 12.8 Å². The Balaban J connectivity index is 1.96. The zero-order chi connectivity index (χ0) is 12.1. The molecule has 0 atom stereocenters. The highest BCUT2D eigenvalue weighted by Gasteiger charge is 2.16. The first-order chi connectivity index (χ1) is 8.27. The van der Waals surface area contributed by atoms with Crippen molar-refractivity contribution in [2.75, 3.05) is 25.0 Å². The standard InChI is InChI=1S/C12H17N3O2/c16-15(17)12-4-2-1-3-11(12)14-9-10-5-7-13-8-6-10/h1-4,10,13-14H,5-9H2. The number of nitro benzene ring substituents is 1. The predicted octanol–water partition coefficient (Wildman–Crippen LogP) is 2.01. The molecular formula is C12H17N3O2. The van der Waals surface area contributed by atoms with Crippen LogP contribution in [0.15, 0.2) is 24.3 Å². The molecule has 1 fully saturated rings. The molecule has 0 aromatic heterocycles. The largest absolute Gasteiger partial charge is 0.379 e. The van der Waals surface area contributed by atoms with Gasteiger partial charge >= 0.3 is 0 Å². The van der Waals surface area contributed by atoms with Crippen LogP contribution in [0.4, 0.5) is 11.4 Å². The molecule has 0 saturated carbocycles. The number of para-hydroxylation sites is 2. The molecule has 1 aromatic carbocycles. The van der Waals surface area contributed by atoms with Gasteiger partial charge in [0, 0.05) is 12.6 Å². The predicted molar refractivity (Wildman–Crippen MR) is 67.2 cm³/mol. The Morgan fingerprint density at radius 1 is 1.35 bits per heavy atom. The minimum Gasteiger partial charge on any atom is -0.379 e. The number of nitrogens with zero attached hydrogens (tertiary/aromatic N) is 1. The molecular weight excluding hydrogens is 218 g/mol. The average Bonchev–Trinajstić information content (AvgIpc) is 2.38. The first-order valence-corrected chi connectivity index (χ1v) is 5.95. The summed E-state index contributed by atoms with van der Waals surface area (Å²) in [5.41, 5.74) is 0.775. The quantitative estimate of drug-likeness (QED) is 0.618. The van der Waals surface area contributed by atoms with E-state index in [0.29, 0.717) is 11.6 Å². The van der Waals surface area contributed by atoms with Gasteiger partial charge in [-0.05, 0) is 37.9 Å². The Morgan fingerprint density at radius 2 is 2.06 bits per heavy atom. The third-order valence-electron chi connectivity index (χ3n) is 3.14. The lowest BCUT2D eigenvalue weighted by Crippen LogP contribution is -2.31. The number of hydrogen-bond donors (Lipinski definition) is 2. The van der Waals surface area contributed by atoms with Crippen molar-refractivity contribution in [1.82, 2.24) is 5.32 Å². The molecule has 1 aromatic rings. The second-order valence-electron chi connectivity index (χ2n) is 4.35. The molecule has 17 heavy (non-hydrogen) atoms. The Morgan fingerprint density at radius 3 is 2.76 bits per heavy atom. The van der Waals surface area contributed by atoms with Gasteiger partial charge in [0.15, 0.2) is 0 Å². The van der Waals surface area contributed by atoms with E-state index in [1.807, 2.05) is 6.07 Å². The second kappa shape index (κ2) is 5.63. The van der Waals surface area contributed by atoms with Crippen LogP contribution >= 0.6 is 0 Å². The highest BCUT2D eigenvalue weighted by atomic mass is 16.6. The SMILES string of the molecule is O=[N+]([O-])c1ccccc1NCC1CCNCC1. The van der Waals surface area contributed by atoms with E-state index in [2.05, 4.69) is 10.6 Å². The first kappa shape index (κ1) is 11.9. The van der Waals surface area contributed by atoms with Crippen LogP contribution < -0.4 is 10.6 Å². The maximum atomic E-state index is 10.8. The zero-order valence-corrected chi connectivity index (χ0v) is 9.69. The monoisotopic (exact) mass is 235 g/mol. The van der Waals surface area contributed by atoms with E-state index in [0.717, 1.165) is 32.5 Å². The van der Waals surface area contributed by atoms with E-state index in [-0.39, 0.29) is 10.6 Å². The van der Waals surface area contributed by atoms with Gasteiger partial charge in [-0.1, -0.05) is 12.1 Å². The highest BCUT2D eigenvalue weighted by Crippen LogP contribution is 2.24. The zero-order valence-electron chi connectivity index (χ0n) is 9.69. The Labute approximate surface area is 100 Å². The van der Waals surface area contributed by atoms with Gasteiger partial charge in [0.05, 0.1) is 4.92 Å². The van der Waals surface area contributed by atoms with Crippen LogP contribution in [0, 0.1) is 16.0 Å². The maximum absolute atomic E-state index is 10.8. The Kier molecular flexibility index (Phi) is 3.93. The van der Waals surface area contributed by atoms with Gasteiger partial charge in [0.2, 0.25) is 0 Å². The van der Waals surface area contributed by atoms with E-state index >= 15 is 0 Å². The van der Waals surface area contributed by atoms with Crippen molar-refractivity contribution in [3.05, 3.63) is 34.4 Å². The van der Waals surface area contributed by atoms with E-state index < -0.39 is 0 Å². The fourth-order valence-electron chi connectivity index (χ4n) is 2.12.